The SMILES string of the molecule is CC(C)(C)OC(=O)CC(=O)c1cc(C(F)(F)F)c(O)nc1NC1CC1. The predicted molar refractivity (Wildman–Crippen MR) is 82.3 cm³/mol. The summed E-state index contributed by atoms with van der Waals surface area (Å²) in [6.45, 7) is 4.83. The number of alkyl halides is 3. The Kier molecular flexibility index (Phi) is 4.97. The number of ether oxygens (including phenoxy) is 1. The zero-order valence-electron chi connectivity index (χ0n) is 14.0. The molecular weight excluding hydrogens is 341 g/mol. The number of anilines is 1. The zero-order chi connectivity index (χ0) is 19.0. The lowest BCUT2D eigenvalue weighted by molar-refractivity contribution is -0.153. The average molecular weight is 360 g/mol. The number of carbonyl (C=O) groups excluding carboxylic acids is 2. The van der Waals surface area contributed by atoms with Crippen LogP contribution in [0, 0.1) is 0 Å². The maximum absolute atomic E-state index is 13.0. The number of carbonyl (C=O) groups is 2. The molecule has 1 aromatic rings. The van der Waals surface area contributed by atoms with Crippen LogP contribution in [0.4, 0.5) is 19.0 Å². The van der Waals surface area contributed by atoms with Gasteiger partial charge < -0.3 is 15.2 Å². The van der Waals surface area contributed by atoms with E-state index in [4.69, 9.17) is 4.74 Å². The van der Waals surface area contributed by atoms with Crippen LogP contribution in [0.5, 0.6) is 5.88 Å². The topological polar surface area (TPSA) is 88.5 Å². The molecule has 1 fully saturated rings. The van der Waals surface area contributed by atoms with Crippen molar-refractivity contribution in [1.82, 2.24) is 4.98 Å². The monoisotopic (exact) mass is 360 g/mol. The molecule has 1 aliphatic rings. The first-order valence-corrected chi connectivity index (χ1v) is 7.69. The van der Waals surface area contributed by atoms with E-state index in [1.54, 1.807) is 20.8 Å². The highest BCUT2D eigenvalue weighted by molar-refractivity contribution is 6.09. The molecule has 2 N–H and O–H groups in total. The van der Waals surface area contributed by atoms with Crippen LogP contribution >= 0.6 is 0 Å². The fraction of sp³-hybridized carbons (Fsp3) is 0.562. The number of hydrogen-bond acceptors (Lipinski definition) is 6. The second kappa shape index (κ2) is 6.53. The summed E-state index contributed by atoms with van der Waals surface area (Å²) in [5.74, 6) is -3.10. The predicted octanol–water partition coefficient (Wildman–Crippen LogP) is 3.29. The number of aromatic hydroxyl groups is 1. The molecule has 0 saturated heterocycles. The van der Waals surface area contributed by atoms with Gasteiger partial charge in [-0.3, -0.25) is 9.59 Å². The van der Waals surface area contributed by atoms with Gasteiger partial charge in [-0.2, -0.15) is 18.2 Å². The van der Waals surface area contributed by atoms with Crippen LogP contribution in [-0.2, 0) is 15.7 Å². The average Bonchev–Trinajstić information content (AvgIpc) is 3.18. The lowest BCUT2D eigenvalue weighted by Gasteiger charge is -2.19. The van der Waals surface area contributed by atoms with Gasteiger partial charge >= 0.3 is 12.1 Å². The summed E-state index contributed by atoms with van der Waals surface area (Å²) in [4.78, 5) is 27.6. The van der Waals surface area contributed by atoms with Crippen molar-refractivity contribution >= 4 is 17.6 Å². The van der Waals surface area contributed by atoms with E-state index < -0.39 is 47.0 Å². The summed E-state index contributed by atoms with van der Waals surface area (Å²) < 4.78 is 43.9. The fourth-order valence-electron chi connectivity index (χ4n) is 2.06. The van der Waals surface area contributed by atoms with E-state index in [-0.39, 0.29) is 11.9 Å². The molecule has 1 aromatic heterocycles. The highest BCUT2D eigenvalue weighted by Crippen LogP contribution is 2.38. The molecule has 2 rings (SSSR count). The van der Waals surface area contributed by atoms with Gasteiger partial charge in [-0.15, -0.1) is 0 Å². The minimum absolute atomic E-state index is 0.0169. The molecule has 1 aliphatic carbocycles. The summed E-state index contributed by atoms with van der Waals surface area (Å²) in [5.41, 5.74) is -2.65. The molecule has 0 bridgehead atoms. The molecular formula is C16H19F3N2O4. The van der Waals surface area contributed by atoms with Crippen molar-refractivity contribution < 1.29 is 32.6 Å². The Morgan fingerprint density at radius 1 is 1.32 bits per heavy atom. The number of esters is 1. The smallest absolute Gasteiger partial charge is 0.421 e. The van der Waals surface area contributed by atoms with Crippen molar-refractivity contribution in [3.8, 4) is 5.88 Å². The van der Waals surface area contributed by atoms with Gasteiger partial charge in [0.2, 0.25) is 5.88 Å². The van der Waals surface area contributed by atoms with E-state index in [0.717, 1.165) is 12.8 Å². The van der Waals surface area contributed by atoms with E-state index >= 15 is 0 Å². The molecule has 6 nitrogen and oxygen atoms in total. The molecule has 0 aliphatic heterocycles. The van der Waals surface area contributed by atoms with E-state index in [9.17, 15) is 27.9 Å². The fourth-order valence-corrected chi connectivity index (χ4v) is 2.06. The number of halogens is 3. The summed E-state index contributed by atoms with van der Waals surface area (Å²) in [6, 6.07) is 0.497. The van der Waals surface area contributed by atoms with Crippen LogP contribution in [0.2, 0.25) is 0 Å². The summed E-state index contributed by atoms with van der Waals surface area (Å²) >= 11 is 0. The van der Waals surface area contributed by atoms with E-state index in [1.165, 1.54) is 0 Å². The molecule has 0 unspecified atom stereocenters. The van der Waals surface area contributed by atoms with Crippen LogP contribution in [0.1, 0.15) is 56.0 Å². The van der Waals surface area contributed by atoms with Crippen molar-refractivity contribution in [2.75, 3.05) is 5.32 Å². The van der Waals surface area contributed by atoms with E-state index in [1.807, 2.05) is 0 Å². The minimum Gasteiger partial charge on any atom is -0.493 e. The van der Waals surface area contributed by atoms with Crippen molar-refractivity contribution in [1.29, 1.82) is 0 Å². The Morgan fingerprint density at radius 2 is 1.92 bits per heavy atom. The molecule has 25 heavy (non-hydrogen) atoms. The molecule has 1 heterocycles. The molecule has 9 heteroatoms. The summed E-state index contributed by atoms with van der Waals surface area (Å²) in [7, 11) is 0. The first kappa shape index (κ1) is 19.0. The molecule has 0 aromatic carbocycles. The lowest BCUT2D eigenvalue weighted by atomic mass is 10.1. The number of rotatable bonds is 5. The number of pyridine rings is 1. The Hall–Kier alpha value is -2.32. The van der Waals surface area contributed by atoms with Gasteiger partial charge in [0.05, 0.1) is 5.56 Å². The molecule has 0 spiro atoms. The third-order valence-corrected chi connectivity index (χ3v) is 3.25. The van der Waals surface area contributed by atoms with Crippen LogP contribution in [0.3, 0.4) is 0 Å². The zero-order valence-corrected chi connectivity index (χ0v) is 14.0. The normalized spacial score (nSPS) is 15.0. The maximum Gasteiger partial charge on any atom is 0.421 e. The Bertz CT molecular complexity index is 692. The number of ketones is 1. The third kappa shape index (κ3) is 5.33. The second-order valence-electron chi connectivity index (χ2n) is 6.86. The first-order valence-electron chi connectivity index (χ1n) is 7.69. The molecule has 1 saturated carbocycles. The van der Waals surface area contributed by atoms with Gasteiger partial charge in [-0.05, 0) is 39.7 Å². The second-order valence-corrected chi connectivity index (χ2v) is 6.86. The van der Waals surface area contributed by atoms with Crippen molar-refractivity contribution in [2.45, 2.75) is 57.9 Å². The Labute approximate surface area is 142 Å². The summed E-state index contributed by atoms with van der Waals surface area (Å²) in [5, 5.41) is 12.3. The number of nitrogens with one attached hydrogen (secondary N) is 1. The van der Waals surface area contributed by atoms with Gasteiger partial charge in [0.15, 0.2) is 5.78 Å². The van der Waals surface area contributed by atoms with Gasteiger partial charge in [-0.1, -0.05) is 0 Å². The number of Topliss-reactive ketones (excluding diaryl/α,β-unsaturated/α-hetero) is 1. The maximum atomic E-state index is 13.0. The van der Waals surface area contributed by atoms with Crippen LogP contribution < -0.4 is 5.32 Å². The van der Waals surface area contributed by atoms with Crippen molar-refractivity contribution in [3.63, 3.8) is 0 Å². The molecule has 0 amide bonds. The van der Waals surface area contributed by atoms with Crippen molar-refractivity contribution in [3.05, 3.63) is 17.2 Å². The molecule has 0 radical (unpaired) electrons. The number of nitrogens with zero attached hydrogens (tertiary/aromatic N) is 1. The van der Waals surface area contributed by atoms with E-state index in [2.05, 4.69) is 10.3 Å². The van der Waals surface area contributed by atoms with Gasteiger partial charge in [-0.25, -0.2) is 0 Å². The van der Waals surface area contributed by atoms with Gasteiger partial charge in [0, 0.05) is 6.04 Å². The van der Waals surface area contributed by atoms with Crippen LogP contribution in [0.15, 0.2) is 6.07 Å². The number of hydrogen-bond donors (Lipinski definition) is 2. The largest absolute Gasteiger partial charge is 0.493 e. The lowest BCUT2D eigenvalue weighted by Crippen LogP contribution is -2.25. The summed E-state index contributed by atoms with van der Waals surface area (Å²) in [6.07, 6.45) is -4.04. The van der Waals surface area contributed by atoms with Gasteiger partial charge in [0.1, 0.15) is 23.4 Å². The molecule has 138 valence electrons. The third-order valence-electron chi connectivity index (χ3n) is 3.25. The standard InChI is InChI=1S/C16H19F3N2O4/c1-15(2,3)25-12(23)7-11(22)9-6-10(16(17,18)19)14(24)21-13(9)20-8-4-5-8/h6,8H,4-5,7H2,1-3H3,(H2,20,21,24). The van der Waals surface area contributed by atoms with Crippen molar-refractivity contribution in [2.24, 2.45) is 0 Å². The Balaban J connectivity index is 2.32. The quantitative estimate of drug-likeness (QED) is 0.476. The van der Waals surface area contributed by atoms with E-state index in [0.29, 0.717) is 6.07 Å². The van der Waals surface area contributed by atoms with Gasteiger partial charge in [0.25, 0.3) is 0 Å². The minimum atomic E-state index is -4.88. The highest BCUT2D eigenvalue weighted by Gasteiger charge is 2.37. The Morgan fingerprint density at radius 3 is 2.40 bits per heavy atom. The molecule has 0 atom stereocenters. The van der Waals surface area contributed by atoms with Crippen LogP contribution in [0.25, 0.3) is 0 Å². The first-order chi connectivity index (χ1) is 11.4. The van der Waals surface area contributed by atoms with Crippen LogP contribution in [-0.4, -0.2) is 33.5 Å². The number of aromatic nitrogens is 1. The highest BCUT2D eigenvalue weighted by atomic mass is 19.4.